The van der Waals surface area contributed by atoms with Gasteiger partial charge in [0, 0.05) is 23.2 Å². The van der Waals surface area contributed by atoms with Gasteiger partial charge in [-0.25, -0.2) is 0 Å². The molecule has 0 bridgehead atoms. The van der Waals surface area contributed by atoms with Crippen LogP contribution >= 0.6 is 11.6 Å². The molecule has 2 rings (SSSR count). The number of benzene rings is 1. The maximum absolute atomic E-state index is 6.05. The van der Waals surface area contributed by atoms with Crippen molar-refractivity contribution in [3.63, 3.8) is 0 Å². The van der Waals surface area contributed by atoms with Gasteiger partial charge < -0.3 is 9.30 Å². The summed E-state index contributed by atoms with van der Waals surface area (Å²) in [6.07, 6.45) is 4.23. The average molecular weight is 252 g/mol. The summed E-state index contributed by atoms with van der Waals surface area (Å²) in [6.45, 7) is 5.68. The van der Waals surface area contributed by atoms with Crippen LogP contribution in [0.15, 0.2) is 24.4 Å². The number of fused-ring (bicyclic) bond motifs is 1. The van der Waals surface area contributed by atoms with E-state index in [1.54, 1.807) is 0 Å². The van der Waals surface area contributed by atoms with E-state index in [1.807, 2.05) is 12.1 Å². The Hall–Kier alpha value is -0.990. The largest absolute Gasteiger partial charge is 0.361 e. The van der Waals surface area contributed by atoms with E-state index in [1.165, 1.54) is 10.9 Å². The van der Waals surface area contributed by atoms with E-state index in [4.69, 9.17) is 16.3 Å². The molecule has 0 saturated carbocycles. The third kappa shape index (κ3) is 2.64. The van der Waals surface area contributed by atoms with Crippen molar-refractivity contribution >= 4 is 22.5 Å². The molecule has 0 N–H and O–H groups in total. The van der Waals surface area contributed by atoms with E-state index in [0.29, 0.717) is 6.73 Å². The van der Waals surface area contributed by atoms with Gasteiger partial charge in [0.25, 0.3) is 0 Å². The predicted molar refractivity (Wildman–Crippen MR) is 72.6 cm³/mol. The van der Waals surface area contributed by atoms with Crippen molar-refractivity contribution in [3.8, 4) is 0 Å². The van der Waals surface area contributed by atoms with Crippen molar-refractivity contribution in [3.05, 3.63) is 35.0 Å². The van der Waals surface area contributed by atoms with Gasteiger partial charge in [-0.1, -0.05) is 31.5 Å². The van der Waals surface area contributed by atoms with Gasteiger partial charge in [0.15, 0.2) is 0 Å². The van der Waals surface area contributed by atoms with Crippen molar-refractivity contribution in [1.29, 1.82) is 0 Å². The molecule has 0 aliphatic heterocycles. The molecule has 0 amide bonds. The Morgan fingerprint density at radius 2 is 2.12 bits per heavy atom. The average Bonchev–Trinajstić information content (AvgIpc) is 2.67. The third-order valence-electron chi connectivity index (χ3n) is 2.89. The van der Waals surface area contributed by atoms with Gasteiger partial charge >= 0.3 is 0 Å². The summed E-state index contributed by atoms with van der Waals surface area (Å²) < 4.78 is 7.73. The first-order valence-electron chi connectivity index (χ1n) is 6.11. The summed E-state index contributed by atoms with van der Waals surface area (Å²) in [4.78, 5) is 0. The van der Waals surface area contributed by atoms with Gasteiger partial charge in [-0.05, 0) is 30.5 Å². The molecule has 2 aromatic rings. The van der Waals surface area contributed by atoms with Crippen LogP contribution in [0.1, 0.15) is 25.8 Å². The summed E-state index contributed by atoms with van der Waals surface area (Å²) in [7, 11) is 0. The van der Waals surface area contributed by atoms with E-state index in [2.05, 4.69) is 30.7 Å². The molecule has 0 unspecified atom stereocenters. The molecular formula is C14H18ClNO. The van der Waals surface area contributed by atoms with Crippen molar-refractivity contribution in [1.82, 2.24) is 4.57 Å². The van der Waals surface area contributed by atoms with Gasteiger partial charge in [-0.2, -0.15) is 0 Å². The molecule has 0 aliphatic carbocycles. The van der Waals surface area contributed by atoms with Gasteiger partial charge in [0.05, 0.1) is 5.52 Å². The number of hydrogen-bond acceptors (Lipinski definition) is 1. The Morgan fingerprint density at radius 1 is 1.29 bits per heavy atom. The standard InChI is InChI=1S/C14H18ClNO/c1-3-7-17-10-16-9-11(4-2)13-6-5-12(15)8-14(13)16/h5-6,8-9H,3-4,7,10H2,1-2H3. The lowest BCUT2D eigenvalue weighted by Crippen LogP contribution is -2.01. The minimum atomic E-state index is 0.602. The minimum absolute atomic E-state index is 0.602. The smallest absolute Gasteiger partial charge is 0.122 e. The summed E-state index contributed by atoms with van der Waals surface area (Å²) in [5.41, 5.74) is 2.50. The second-order valence-corrected chi connectivity index (χ2v) is 4.61. The van der Waals surface area contributed by atoms with Crippen molar-refractivity contribution in [2.75, 3.05) is 6.61 Å². The highest BCUT2D eigenvalue weighted by molar-refractivity contribution is 6.31. The molecule has 0 atom stereocenters. The van der Waals surface area contributed by atoms with Crippen molar-refractivity contribution in [2.45, 2.75) is 33.4 Å². The van der Waals surface area contributed by atoms with Crippen LogP contribution < -0.4 is 0 Å². The highest BCUT2D eigenvalue weighted by atomic mass is 35.5. The number of ether oxygens (including phenoxy) is 1. The first-order valence-corrected chi connectivity index (χ1v) is 6.49. The van der Waals surface area contributed by atoms with Crippen LogP contribution in [0.2, 0.25) is 5.02 Å². The van der Waals surface area contributed by atoms with E-state index in [-0.39, 0.29) is 0 Å². The number of nitrogens with zero attached hydrogens (tertiary/aromatic N) is 1. The Morgan fingerprint density at radius 3 is 2.82 bits per heavy atom. The van der Waals surface area contributed by atoms with Gasteiger partial charge in [-0.15, -0.1) is 0 Å². The molecule has 17 heavy (non-hydrogen) atoms. The first-order chi connectivity index (χ1) is 8.26. The molecule has 1 heterocycles. The van der Waals surface area contributed by atoms with Crippen LogP contribution in [0.5, 0.6) is 0 Å². The molecule has 2 nitrogen and oxygen atoms in total. The highest BCUT2D eigenvalue weighted by Gasteiger charge is 2.07. The predicted octanol–water partition coefficient (Wildman–Crippen LogP) is 4.24. The summed E-state index contributed by atoms with van der Waals surface area (Å²) in [6, 6.07) is 6.04. The Kier molecular flexibility index (Phi) is 4.08. The second-order valence-electron chi connectivity index (χ2n) is 4.18. The van der Waals surface area contributed by atoms with Crippen LogP contribution in [0.3, 0.4) is 0 Å². The molecule has 1 aromatic carbocycles. The van der Waals surface area contributed by atoms with E-state index in [0.717, 1.165) is 30.0 Å². The maximum atomic E-state index is 6.05. The van der Waals surface area contributed by atoms with Gasteiger partial charge in [0.1, 0.15) is 6.73 Å². The zero-order chi connectivity index (χ0) is 12.3. The number of halogens is 1. The number of rotatable bonds is 5. The fourth-order valence-electron chi connectivity index (χ4n) is 2.04. The molecule has 0 spiro atoms. The Labute approximate surface area is 107 Å². The van der Waals surface area contributed by atoms with E-state index < -0.39 is 0 Å². The molecule has 1 aromatic heterocycles. The van der Waals surface area contributed by atoms with E-state index >= 15 is 0 Å². The van der Waals surface area contributed by atoms with Crippen LogP contribution in [0, 0.1) is 0 Å². The van der Waals surface area contributed by atoms with Gasteiger partial charge in [0.2, 0.25) is 0 Å². The first kappa shape index (κ1) is 12.5. The zero-order valence-corrected chi connectivity index (χ0v) is 11.1. The molecule has 0 saturated heterocycles. The molecular weight excluding hydrogens is 234 g/mol. The topological polar surface area (TPSA) is 14.2 Å². The maximum Gasteiger partial charge on any atom is 0.122 e. The lowest BCUT2D eigenvalue weighted by molar-refractivity contribution is 0.0803. The molecule has 0 aliphatic rings. The SMILES string of the molecule is CCCOCn1cc(CC)c2ccc(Cl)cc21. The fourth-order valence-corrected chi connectivity index (χ4v) is 2.20. The quantitative estimate of drug-likeness (QED) is 0.725. The number of aryl methyl sites for hydroxylation is 1. The van der Waals surface area contributed by atoms with Crippen molar-refractivity contribution in [2.24, 2.45) is 0 Å². The van der Waals surface area contributed by atoms with Crippen LogP contribution in [0.25, 0.3) is 10.9 Å². The van der Waals surface area contributed by atoms with Crippen molar-refractivity contribution < 1.29 is 4.74 Å². The highest BCUT2D eigenvalue weighted by Crippen LogP contribution is 2.25. The van der Waals surface area contributed by atoms with Crippen LogP contribution in [0.4, 0.5) is 0 Å². The molecule has 3 heteroatoms. The van der Waals surface area contributed by atoms with E-state index in [9.17, 15) is 0 Å². The lowest BCUT2D eigenvalue weighted by atomic mass is 10.1. The number of aromatic nitrogens is 1. The second kappa shape index (κ2) is 5.56. The third-order valence-corrected chi connectivity index (χ3v) is 3.12. The Bertz CT molecular complexity index is 504. The molecule has 92 valence electrons. The minimum Gasteiger partial charge on any atom is -0.361 e. The van der Waals surface area contributed by atoms with Crippen LogP contribution in [-0.4, -0.2) is 11.2 Å². The summed E-state index contributed by atoms with van der Waals surface area (Å²) in [5.74, 6) is 0. The van der Waals surface area contributed by atoms with Crippen LogP contribution in [-0.2, 0) is 17.9 Å². The molecule has 0 fully saturated rings. The normalized spacial score (nSPS) is 11.2. The number of hydrogen-bond donors (Lipinski definition) is 0. The fraction of sp³-hybridized carbons (Fsp3) is 0.429. The monoisotopic (exact) mass is 251 g/mol. The summed E-state index contributed by atoms with van der Waals surface area (Å²) >= 11 is 6.05. The Balaban J connectivity index is 2.36. The lowest BCUT2D eigenvalue weighted by Gasteiger charge is -2.05. The zero-order valence-electron chi connectivity index (χ0n) is 10.4. The van der Waals surface area contributed by atoms with Gasteiger partial charge in [-0.3, -0.25) is 0 Å². The summed E-state index contributed by atoms with van der Waals surface area (Å²) in [5, 5.41) is 2.05. The molecule has 0 radical (unpaired) electrons.